The normalized spacial score (nSPS) is 32.7. The van der Waals surface area contributed by atoms with Crippen molar-refractivity contribution in [3.63, 3.8) is 0 Å². The third-order valence-electron chi connectivity index (χ3n) is 4.90. The van der Waals surface area contributed by atoms with E-state index >= 15 is 0 Å². The lowest BCUT2D eigenvalue weighted by molar-refractivity contribution is -0.158. The summed E-state index contributed by atoms with van der Waals surface area (Å²) in [6, 6.07) is 10.5. The summed E-state index contributed by atoms with van der Waals surface area (Å²) in [4.78, 5) is 15.0. The minimum absolute atomic E-state index is 0.0297. The average Bonchev–Trinajstić information content (AvgIpc) is 2.56. The molecule has 2 aliphatic rings. The molecule has 0 aliphatic carbocycles. The van der Waals surface area contributed by atoms with Gasteiger partial charge in [0.05, 0.1) is 24.6 Å². The van der Waals surface area contributed by atoms with Gasteiger partial charge in [0, 0.05) is 6.54 Å². The molecule has 1 amide bonds. The lowest BCUT2D eigenvalue weighted by Crippen LogP contribution is -2.56. The summed E-state index contributed by atoms with van der Waals surface area (Å²) < 4.78 is 6.05. The number of nitrogens with zero attached hydrogens (tertiary/aromatic N) is 1. The minimum atomic E-state index is -0.0297. The lowest BCUT2D eigenvalue weighted by Gasteiger charge is -2.45. The van der Waals surface area contributed by atoms with Gasteiger partial charge in [-0.15, -0.1) is 0 Å². The van der Waals surface area contributed by atoms with Gasteiger partial charge >= 0.3 is 0 Å². The zero-order chi connectivity index (χ0) is 15.5. The van der Waals surface area contributed by atoms with Crippen LogP contribution in [-0.4, -0.2) is 42.6 Å². The van der Waals surface area contributed by atoms with Gasteiger partial charge < -0.3 is 15.0 Å². The maximum Gasteiger partial charge on any atom is 0.227 e. The Hall–Kier alpha value is -1.39. The molecule has 0 bridgehead atoms. The van der Waals surface area contributed by atoms with Crippen molar-refractivity contribution in [2.45, 2.75) is 44.9 Å². The van der Waals surface area contributed by atoms with Crippen LogP contribution < -0.4 is 5.32 Å². The number of rotatable bonds is 2. The molecule has 0 saturated carbocycles. The molecule has 1 N–H and O–H groups in total. The molecular formula is C18H26N2O2. The first kappa shape index (κ1) is 15.5. The number of carbonyl (C=O) groups excluding carboxylic acids is 1. The van der Waals surface area contributed by atoms with Gasteiger partial charge in [-0.3, -0.25) is 4.79 Å². The molecule has 3 rings (SSSR count). The predicted molar refractivity (Wildman–Crippen MR) is 86.5 cm³/mol. The second-order valence-electron chi connectivity index (χ2n) is 6.54. The molecule has 22 heavy (non-hydrogen) atoms. The second kappa shape index (κ2) is 6.80. The predicted octanol–water partition coefficient (Wildman–Crippen LogP) is 2.36. The summed E-state index contributed by atoms with van der Waals surface area (Å²) in [6.45, 7) is 6.65. The number of benzene rings is 1. The lowest BCUT2D eigenvalue weighted by atomic mass is 9.93. The smallest absolute Gasteiger partial charge is 0.227 e. The third-order valence-corrected chi connectivity index (χ3v) is 4.90. The van der Waals surface area contributed by atoms with Crippen LogP contribution in [0.15, 0.2) is 30.3 Å². The van der Waals surface area contributed by atoms with E-state index in [2.05, 4.69) is 36.2 Å². The number of ether oxygens (including phenoxy) is 1. The molecule has 4 heteroatoms. The van der Waals surface area contributed by atoms with Crippen LogP contribution >= 0.6 is 0 Å². The number of morpholine rings is 1. The van der Waals surface area contributed by atoms with Gasteiger partial charge in [0.25, 0.3) is 0 Å². The molecule has 2 heterocycles. The highest BCUT2D eigenvalue weighted by Gasteiger charge is 2.39. The Labute approximate surface area is 132 Å². The van der Waals surface area contributed by atoms with Gasteiger partial charge in [-0.25, -0.2) is 0 Å². The highest BCUT2D eigenvalue weighted by molar-refractivity contribution is 5.80. The van der Waals surface area contributed by atoms with E-state index in [1.807, 2.05) is 18.2 Å². The molecule has 2 saturated heterocycles. The van der Waals surface area contributed by atoms with Crippen molar-refractivity contribution in [2.24, 2.45) is 5.92 Å². The number of carbonyl (C=O) groups is 1. The first-order chi connectivity index (χ1) is 10.7. The molecule has 0 radical (unpaired) electrons. The highest BCUT2D eigenvalue weighted by Crippen LogP contribution is 2.32. The van der Waals surface area contributed by atoms with Crippen LogP contribution in [0.25, 0.3) is 0 Å². The van der Waals surface area contributed by atoms with Gasteiger partial charge in [0.2, 0.25) is 5.91 Å². The van der Waals surface area contributed by atoms with Crippen LogP contribution in [0.5, 0.6) is 0 Å². The van der Waals surface area contributed by atoms with Crippen molar-refractivity contribution in [3.05, 3.63) is 35.9 Å². The zero-order valence-electron chi connectivity index (χ0n) is 13.5. The SMILES string of the molecule is CC1COC(c2ccccc2)C(C)N1C(=O)C1CCCNC1. The monoisotopic (exact) mass is 302 g/mol. The van der Waals surface area contributed by atoms with Crippen LogP contribution in [0.4, 0.5) is 0 Å². The van der Waals surface area contributed by atoms with Gasteiger partial charge in [-0.05, 0) is 38.8 Å². The molecule has 0 aromatic heterocycles. The second-order valence-corrected chi connectivity index (χ2v) is 6.54. The number of hydrogen-bond donors (Lipinski definition) is 1. The van der Waals surface area contributed by atoms with E-state index in [4.69, 9.17) is 4.74 Å². The number of piperidine rings is 1. The maximum atomic E-state index is 13.0. The third kappa shape index (κ3) is 3.03. The molecule has 1 aromatic rings. The first-order valence-electron chi connectivity index (χ1n) is 8.38. The van der Waals surface area contributed by atoms with Crippen LogP contribution in [0, 0.1) is 5.92 Å². The minimum Gasteiger partial charge on any atom is -0.369 e. The summed E-state index contributed by atoms with van der Waals surface area (Å²) in [5.74, 6) is 0.407. The number of amides is 1. The van der Waals surface area contributed by atoms with E-state index in [1.165, 1.54) is 0 Å². The van der Waals surface area contributed by atoms with Crippen LogP contribution in [0.2, 0.25) is 0 Å². The van der Waals surface area contributed by atoms with Crippen LogP contribution in [-0.2, 0) is 9.53 Å². The summed E-state index contributed by atoms with van der Waals surface area (Å²) in [5, 5.41) is 3.35. The van der Waals surface area contributed by atoms with Crippen molar-refractivity contribution >= 4 is 5.91 Å². The van der Waals surface area contributed by atoms with E-state index in [0.29, 0.717) is 6.61 Å². The Balaban J connectivity index is 1.78. The largest absolute Gasteiger partial charge is 0.369 e. The summed E-state index contributed by atoms with van der Waals surface area (Å²) in [6.07, 6.45) is 2.06. The van der Waals surface area contributed by atoms with Gasteiger partial charge in [0.15, 0.2) is 0 Å². The van der Waals surface area contributed by atoms with Gasteiger partial charge in [-0.1, -0.05) is 30.3 Å². The Morgan fingerprint density at radius 1 is 1.27 bits per heavy atom. The topological polar surface area (TPSA) is 41.6 Å². The zero-order valence-corrected chi connectivity index (χ0v) is 13.5. The molecule has 2 fully saturated rings. The fourth-order valence-corrected chi connectivity index (χ4v) is 3.72. The van der Waals surface area contributed by atoms with Crippen LogP contribution in [0.1, 0.15) is 38.4 Å². The molecule has 4 unspecified atom stereocenters. The Morgan fingerprint density at radius 3 is 2.73 bits per heavy atom. The molecule has 2 aliphatic heterocycles. The van der Waals surface area contributed by atoms with E-state index < -0.39 is 0 Å². The Bertz CT molecular complexity index is 499. The number of nitrogens with one attached hydrogen (secondary N) is 1. The van der Waals surface area contributed by atoms with Crippen molar-refractivity contribution in [3.8, 4) is 0 Å². The van der Waals surface area contributed by atoms with Crippen molar-refractivity contribution < 1.29 is 9.53 Å². The van der Waals surface area contributed by atoms with Crippen molar-refractivity contribution in [1.29, 1.82) is 0 Å². The Kier molecular flexibility index (Phi) is 4.79. The summed E-state index contributed by atoms with van der Waals surface area (Å²) >= 11 is 0. The van der Waals surface area contributed by atoms with Gasteiger partial charge in [-0.2, -0.15) is 0 Å². The number of hydrogen-bond acceptors (Lipinski definition) is 3. The van der Waals surface area contributed by atoms with E-state index in [9.17, 15) is 4.79 Å². The van der Waals surface area contributed by atoms with Crippen LogP contribution in [0.3, 0.4) is 0 Å². The molecule has 4 nitrogen and oxygen atoms in total. The molecule has 0 spiro atoms. The van der Waals surface area contributed by atoms with E-state index in [1.54, 1.807) is 0 Å². The van der Waals surface area contributed by atoms with E-state index in [-0.39, 0.29) is 30.0 Å². The molecule has 4 atom stereocenters. The average molecular weight is 302 g/mol. The fraction of sp³-hybridized carbons (Fsp3) is 0.611. The quantitative estimate of drug-likeness (QED) is 0.912. The summed E-state index contributed by atoms with van der Waals surface area (Å²) in [5.41, 5.74) is 1.15. The molecule has 1 aromatic carbocycles. The first-order valence-corrected chi connectivity index (χ1v) is 8.38. The van der Waals surface area contributed by atoms with Gasteiger partial charge in [0.1, 0.15) is 6.10 Å². The van der Waals surface area contributed by atoms with Crippen molar-refractivity contribution in [1.82, 2.24) is 10.2 Å². The summed E-state index contributed by atoms with van der Waals surface area (Å²) in [7, 11) is 0. The Morgan fingerprint density at radius 2 is 2.05 bits per heavy atom. The molecule has 120 valence electrons. The molecular weight excluding hydrogens is 276 g/mol. The maximum absolute atomic E-state index is 13.0. The fourth-order valence-electron chi connectivity index (χ4n) is 3.72. The highest BCUT2D eigenvalue weighted by atomic mass is 16.5. The standard InChI is InChI=1S/C18H26N2O2/c1-13-12-22-17(15-7-4-3-5-8-15)14(2)20(13)18(21)16-9-6-10-19-11-16/h3-5,7-8,13-14,16-17,19H,6,9-12H2,1-2H3. The van der Waals surface area contributed by atoms with E-state index in [0.717, 1.165) is 31.5 Å². The van der Waals surface area contributed by atoms with Crippen molar-refractivity contribution in [2.75, 3.05) is 19.7 Å².